The van der Waals surface area contributed by atoms with E-state index in [1.54, 1.807) is 0 Å². The van der Waals surface area contributed by atoms with Crippen molar-refractivity contribution in [2.45, 2.75) is 31.4 Å². The fraction of sp³-hybridized carbons (Fsp3) is 0.500. The maximum atomic E-state index is 11.4. The molecule has 112 valence electrons. The predicted molar refractivity (Wildman–Crippen MR) is 74.8 cm³/mol. The van der Waals surface area contributed by atoms with E-state index in [-0.39, 0.29) is 23.4 Å². The van der Waals surface area contributed by atoms with Crippen LogP contribution < -0.4 is 4.90 Å². The van der Waals surface area contributed by atoms with Crippen LogP contribution in [0.25, 0.3) is 0 Å². The largest absolute Gasteiger partial charge is 0.478 e. The van der Waals surface area contributed by atoms with Crippen LogP contribution in [0.2, 0.25) is 0 Å². The van der Waals surface area contributed by atoms with Gasteiger partial charge in [-0.25, -0.2) is 4.79 Å². The summed E-state index contributed by atoms with van der Waals surface area (Å²) < 4.78 is 5.71. The van der Waals surface area contributed by atoms with Crippen LogP contribution in [0.1, 0.15) is 29.6 Å². The third-order valence-electron chi connectivity index (χ3n) is 4.21. The summed E-state index contributed by atoms with van der Waals surface area (Å²) in [7, 11) is 0. The number of nitro groups is 1. The van der Waals surface area contributed by atoms with Crippen LogP contribution in [0.3, 0.4) is 0 Å². The molecule has 21 heavy (non-hydrogen) atoms. The molecule has 1 aromatic rings. The number of morpholine rings is 1. The van der Waals surface area contributed by atoms with E-state index in [9.17, 15) is 20.0 Å². The Morgan fingerprint density at radius 1 is 1.43 bits per heavy atom. The average Bonchev–Trinajstić information content (AvgIpc) is 2.94. The lowest BCUT2D eigenvalue weighted by Gasteiger charge is -2.39. The summed E-state index contributed by atoms with van der Waals surface area (Å²) in [5, 5.41) is 20.3. The summed E-state index contributed by atoms with van der Waals surface area (Å²) >= 11 is 0. The van der Waals surface area contributed by atoms with Crippen molar-refractivity contribution < 1.29 is 19.6 Å². The topological polar surface area (TPSA) is 92.9 Å². The van der Waals surface area contributed by atoms with Crippen LogP contribution >= 0.6 is 0 Å². The van der Waals surface area contributed by atoms with Crippen molar-refractivity contribution in [3.05, 3.63) is 33.9 Å². The van der Waals surface area contributed by atoms with Gasteiger partial charge in [0, 0.05) is 18.7 Å². The van der Waals surface area contributed by atoms with Crippen LogP contribution in [0.15, 0.2) is 18.2 Å². The molecule has 3 rings (SSSR count). The first kappa shape index (κ1) is 13.8. The second-order valence-electron chi connectivity index (χ2n) is 5.36. The van der Waals surface area contributed by atoms with Gasteiger partial charge in [-0.15, -0.1) is 0 Å². The molecule has 7 nitrogen and oxygen atoms in total. The van der Waals surface area contributed by atoms with E-state index in [4.69, 9.17) is 4.74 Å². The van der Waals surface area contributed by atoms with Gasteiger partial charge in [0.1, 0.15) is 0 Å². The Morgan fingerprint density at radius 2 is 2.24 bits per heavy atom. The van der Waals surface area contributed by atoms with Crippen molar-refractivity contribution >= 4 is 17.3 Å². The van der Waals surface area contributed by atoms with Crippen molar-refractivity contribution in [2.24, 2.45) is 0 Å². The molecule has 0 aromatic heterocycles. The highest BCUT2D eigenvalue weighted by Gasteiger charge is 2.37. The number of hydrogen-bond donors (Lipinski definition) is 1. The molecule has 2 unspecified atom stereocenters. The van der Waals surface area contributed by atoms with Crippen LogP contribution in [0, 0.1) is 10.1 Å². The number of nitrogens with zero attached hydrogens (tertiary/aromatic N) is 2. The number of anilines is 1. The number of hydrogen-bond acceptors (Lipinski definition) is 5. The summed E-state index contributed by atoms with van der Waals surface area (Å²) in [6.45, 7) is 1.07. The lowest BCUT2D eigenvalue weighted by atomic mass is 10.1. The van der Waals surface area contributed by atoms with E-state index in [2.05, 4.69) is 0 Å². The first-order valence-electron chi connectivity index (χ1n) is 6.98. The molecule has 0 spiro atoms. The summed E-state index contributed by atoms with van der Waals surface area (Å²) in [6, 6.07) is 4.03. The number of carbonyl (C=O) groups is 1. The second-order valence-corrected chi connectivity index (χ2v) is 5.36. The Bertz CT molecular complexity index is 589. The first-order chi connectivity index (χ1) is 10.1. The smallest absolute Gasteiger partial charge is 0.337 e. The molecule has 1 aromatic carbocycles. The predicted octanol–water partition coefficient (Wildman–Crippen LogP) is 2.05. The summed E-state index contributed by atoms with van der Waals surface area (Å²) in [6.07, 6.45) is 3.01. The molecule has 0 amide bonds. The molecule has 0 radical (unpaired) electrons. The average molecular weight is 292 g/mol. The Labute approximate surface area is 121 Å². The highest BCUT2D eigenvalue weighted by molar-refractivity contribution is 5.95. The third kappa shape index (κ3) is 2.44. The van der Waals surface area contributed by atoms with Gasteiger partial charge in [-0.2, -0.15) is 0 Å². The van der Waals surface area contributed by atoms with Crippen LogP contribution in [-0.4, -0.2) is 41.3 Å². The van der Waals surface area contributed by atoms with Gasteiger partial charge in [0.05, 0.1) is 34.9 Å². The van der Waals surface area contributed by atoms with E-state index in [1.165, 1.54) is 18.2 Å². The molecular formula is C14H16N2O5. The van der Waals surface area contributed by atoms with E-state index in [0.717, 1.165) is 19.3 Å². The molecule has 1 heterocycles. The number of rotatable bonds is 3. The number of carboxylic acid groups (broad SMARTS) is 1. The lowest BCUT2D eigenvalue weighted by Crippen LogP contribution is -2.49. The number of carboxylic acids is 1. The molecule has 1 saturated heterocycles. The monoisotopic (exact) mass is 292 g/mol. The van der Waals surface area contributed by atoms with E-state index >= 15 is 0 Å². The second kappa shape index (κ2) is 5.33. The molecule has 0 bridgehead atoms. The molecule has 2 atom stereocenters. The maximum absolute atomic E-state index is 11.4. The molecule has 1 aliphatic heterocycles. The molecular weight excluding hydrogens is 276 g/mol. The minimum atomic E-state index is -1.07. The highest BCUT2D eigenvalue weighted by Crippen LogP contribution is 2.36. The van der Waals surface area contributed by atoms with Gasteiger partial charge in [0.2, 0.25) is 0 Å². The van der Waals surface area contributed by atoms with Crippen molar-refractivity contribution in [3.63, 3.8) is 0 Å². The van der Waals surface area contributed by atoms with Crippen LogP contribution in [0.5, 0.6) is 0 Å². The quantitative estimate of drug-likeness (QED) is 0.677. The Kier molecular flexibility index (Phi) is 3.50. The van der Waals surface area contributed by atoms with Gasteiger partial charge in [-0.1, -0.05) is 0 Å². The zero-order chi connectivity index (χ0) is 15.0. The van der Waals surface area contributed by atoms with Gasteiger partial charge in [0.25, 0.3) is 5.69 Å². The zero-order valence-electron chi connectivity index (χ0n) is 11.4. The Morgan fingerprint density at radius 3 is 2.95 bits per heavy atom. The van der Waals surface area contributed by atoms with Crippen molar-refractivity contribution in [1.82, 2.24) is 0 Å². The number of non-ortho nitro benzene ring substituents is 1. The normalized spacial score (nSPS) is 24.7. The SMILES string of the molecule is O=C(O)c1ccc([N+](=O)[O-])cc1N1CCOC2CCCC21. The van der Waals surface area contributed by atoms with E-state index in [0.29, 0.717) is 18.8 Å². The minimum absolute atomic E-state index is 0.0870. The molecule has 7 heteroatoms. The van der Waals surface area contributed by atoms with E-state index < -0.39 is 10.9 Å². The Hall–Kier alpha value is -2.15. The van der Waals surface area contributed by atoms with Gasteiger partial charge in [0.15, 0.2) is 0 Å². The zero-order valence-corrected chi connectivity index (χ0v) is 11.4. The number of aromatic carboxylic acids is 1. The summed E-state index contributed by atoms with van der Waals surface area (Å²) in [5.41, 5.74) is 0.445. The minimum Gasteiger partial charge on any atom is -0.478 e. The summed E-state index contributed by atoms with van der Waals surface area (Å²) in [5.74, 6) is -1.07. The fourth-order valence-electron chi connectivity index (χ4n) is 3.28. The van der Waals surface area contributed by atoms with Crippen molar-refractivity contribution in [2.75, 3.05) is 18.1 Å². The van der Waals surface area contributed by atoms with Gasteiger partial charge in [-0.05, 0) is 25.3 Å². The third-order valence-corrected chi connectivity index (χ3v) is 4.21. The molecule has 2 fully saturated rings. The van der Waals surface area contributed by atoms with Gasteiger partial charge in [-0.3, -0.25) is 10.1 Å². The lowest BCUT2D eigenvalue weighted by molar-refractivity contribution is -0.384. The van der Waals surface area contributed by atoms with Gasteiger partial charge < -0.3 is 14.7 Å². The van der Waals surface area contributed by atoms with Gasteiger partial charge >= 0.3 is 5.97 Å². The highest BCUT2D eigenvalue weighted by atomic mass is 16.6. The van der Waals surface area contributed by atoms with Crippen LogP contribution in [-0.2, 0) is 4.74 Å². The molecule has 1 saturated carbocycles. The molecule has 1 N–H and O–H groups in total. The van der Waals surface area contributed by atoms with Crippen molar-refractivity contribution in [1.29, 1.82) is 0 Å². The molecule has 1 aliphatic carbocycles. The maximum Gasteiger partial charge on any atom is 0.337 e. The summed E-state index contributed by atoms with van der Waals surface area (Å²) in [4.78, 5) is 23.8. The standard InChI is InChI=1S/C14H16N2O5/c17-14(18)10-5-4-9(16(19)20)8-12(10)15-6-7-21-13-3-1-2-11(13)15/h4-5,8,11,13H,1-3,6-7H2,(H,17,18). The number of nitro benzene ring substituents is 1. The van der Waals surface area contributed by atoms with E-state index in [1.807, 2.05) is 4.90 Å². The fourth-order valence-corrected chi connectivity index (χ4v) is 3.28. The molecule has 2 aliphatic rings. The number of benzene rings is 1. The number of fused-ring (bicyclic) bond motifs is 1. The Balaban J connectivity index is 2.04. The number of ether oxygens (including phenoxy) is 1. The first-order valence-corrected chi connectivity index (χ1v) is 6.98. The van der Waals surface area contributed by atoms with Crippen molar-refractivity contribution in [3.8, 4) is 0 Å². The van der Waals surface area contributed by atoms with Crippen LogP contribution in [0.4, 0.5) is 11.4 Å².